The zero-order valence-corrected chi connectivity index (χ0v) is 19.3. The summed E-state index contributed by atoms with van der Waals surface area (Å²) in [6.45, 7) is 11.5. The molecule has 1 unspecified atom stereocenters. The van der Waals surface area contributed by atoms with Crippen LogP contribution < -0.4 is 4.74 Å². The number of ether oxygens (including phenoxy) is 2. The maximum atomic E-state index is 14.2. The number of hydrogen-bond acceptors (Lipinski definition) is 5. The lowest BCUT2D eigenvalue weighted by Gasteiger charge is -2.36. The minimum absolute atomic E-state index is 0.114. The Balaban J connectivity index is 2.28. The van der Waals surface area contributed by atoms with Crippen molar-refractivity contribution in [3.63, 3.8) is 0 Å². The lowest BCUT2D eigenvalue weighted by molar-refractivity contribution is -0.143. The fourth-order valence-corrected chi connectivity index (χ4v) is 3.81. The standard InChI is InChI=1S/C21H31FN2O4Si/c1-21(2,3)29(6,7)28-11-10-16-13-23-14-24(16)19(20(25)27-5)15-8-9-18(26-4)17(22)12-15/h8-9,12-14,19H,10-11H2,1-7H3. The minimum Gasteiger partial charge on any atom is -0.494 e. The van der Waals surface area contributed by atoms with Gasteiger partial charge in [-0.1, -0.05) is 26.8 Å². The molecular weight excluding hydrogens is 391 g/mol. The Morgan fingerprint density at radius 1 is 1.28 bits per heavy atom. The third kappa shape index (κ3) is 5.25. The van der Waals surface area contributed by atoms with E-state index in [1.54, 1.807) is 23.2 Å². The molecule has 0 fully saturated rings. The second kappa shape index (κ2) is 9.09. The van der Waals surface area contributed by atoms with Crippen LogP contribution in [0.5, 0.6) is 5.75 Å². The van der Waals surface area contributed by atoms with Gasteiger partial charge in [0, 0.05) is 24.9 Å². The summed E-state index contributed by atoms with van der Waals surface area (Å²) in [4.78, 5) is 16.7. The molecule has 29 heavy (non-hydrogen) atoms. The number of rotatable bonds is 8. The van der Waals surface area contributed by atoms with Gasteiger partial charge in [-0.2, -0.15) is 0 Å². The number of benzene rings is 1. The topological polar surface area (TPSA) is 62.6 Å². The van der Waals surface area contributed by atoms with Gasteiger partial charge in [0.1, 0.15) is 0 Å². The van der Waals surface area contributed by atoms with Gasteiger partial charge in [-0.15, -0.1) is 0 Å². The summed E-state index contributed by atoms with van der Waals surface area (Å²) in [5.74, 6) is -0.924. The molecule has 6 nitrogen and oxygen atoms in total. The van der Waals surface area contributed by atoms with Crippen molar-refractivity contribution in [2.75, 3.05) is 20.8 Å². The first-order chi connectivity index (χ1) is 13.5. The zero-order chi connectivity index (χ0) is 21.8. The fraction of sp³-hybridized carbons (Fsp3) is 0.524. The molecule has 0 spiro atoms. The molecule has 0 aliphatic heterocycles. The van der Waals surface area contributed by atoms with E-state index < -0.39 is 26.1 Å². The van der Waals surface area contributed by atoms with Gasteiger partial charge in [0.05, 0.1) is 20.5 Å². The SMILES string of the molecule is COC(=O)C(c1ccc(OC)c(F)c1)n1cncc1CCO[Si](C)(C)C(C)(C)C. The molecule has 0 amide bonds. The van der Waals surface area contributed by atoms with Crippen LogP contribution in [-0.2, 0) is 20.4 Å². The maximum Gasteiger partial charge on any atom is 0.333 e. The van der Waals surface area contributed by atoms with E-state index in [1.807, 2.05) is 0 Å². The summed E-state index contributed by atoms with van der Waals surface area (Å²) in [5, 5.41) is 0.114. The molecule has 0 saturated heterocycles. The number of halogens is 1. The number of hydrogen-bond donors (Lipinski definition) is 0. The number of aromatic nitrogens is 2. The van der Waals surface area contributed by atoms with Gasteiger partial charge < -0.3 is 18.5 Å². The van der Waals surface area contributed by atoms with Crippen LogP contribution in [0.3, 0.4) is 0 Å². The molecule has 0 bridgehead atoms. The summed E-state index contributed by atoms with van der Waals surface area (Å²) in [6.07, 6.45) is 3.84. The smallest absolute Gasteiger partial charge is 0.333 e. The third-order valence-corrected chi connectivity index (χ3v) is 10.1. The second-order valence-corrected chi connectivity index (χ2v) is 13.3. The van der Waals surface area contributed by atoms with Crippen LogP contribution >= 0.6 is 0 Å². The Labute approximate surface area is 173 Å². The summed E-state index contributed by atoms with van der Waals surface area (Å²) in [5.41, 5.74) is 1.27. The van der Waals surface area contributed by atoms with Gasteiger partial charge in [-0.05, 0) is 35.8 Å². The van der Waals surface area contributed by atoms with Crippen LogP contribution in [-0.4, -0.2) is 44.7 Å². The molecule has 2 rings (SSSR count). The van der Waals surface area contributed by atoms with Crippen LogP contribution in [0, 0.1) is 5.82 Å². The number of esters is 1. The molecular formula is C21H31FN2O4Si. The third-order valence-electron chi connectivity index (χ3n) is 5.57. The Hall–Kier alpha value is -2.19. The number of methoxy groups -OCH3 is 2. The Morgan fingerprint density at radius 2 is 1.97 bits per heavy atom. The number of nitrogens with zero attached hydrogens (tertiary/aromatic N) is 2. The molecule has 0 N–H and O–H groups in total. The van der Waals surface area contributed by atoms with Crippen molar-refractivity contribution in [3.8, 4) is 5.75 Å². The zero-order valence-electron chi connectivity index (χ0n) is 18.3. The van der Waals surface area contributed by atoms with Crippen molar-refractivity contribution >= 4 is 14.3 Å². The fourth-order valence-electron chi connectivity index (χ4n) is 2.76. The highest BCUT2D eigenvalue weighted by molar-refractivity contribution is 6.74. The Bertz CT molecular complexity index is 845. The van der Waals surface area contributed by atoms with Crippen molar-refractivity contribution in [1.82, 2.24) is 9.55 Å². The first-order valence-corrected chi connectivity index (χ1v) is 12.5. The van der Waals surface area contributed by atoms with Crippen LogP contribution in [0.4, 0.5) is 4.39 Å². The average molecular weight is 423 g/mol. The van der Waals surface area contributed by atoms with Crippen molar-refractivity contribution in [2.45, 2.75) is 51.4 Å². The van der Waals surface area contributed by atoms with Crippen LogP contribution in [0.2, 0.25) is 18.1 Å². The first kappa shape index (κ1) is 23.1. The molecule has 160 valence electrons. The van der Waals surface area contributed by atoms with E-state index in [0.29, 0.717) is 18.6 Å². The van der Waals surface area contributed by atoms with Crippen molar-refractivity contribution in [2.24, 2.45) is 0 Å². The molecule has 0 radical (unpaired) electrons. The van der Waals surface area contributed by atoms with Crippen LogP contribution in [0.25, 0.3) is 0 Å². The van der Waals surface area contributed by atoms with Gasteiger partial charge in [-0.3, -0.25) is 0 Å². The van der Waals surface area contributed by atoms with Crippen molar-refractivity contribution in [3.05, 3.63) is 47.8 Å². The van der Waals surface area contributed by atoms with E-state index in [9.17, 15) is 9.18 Å². The Kier molecular flexibility index (Phi) is 7.23. The van der Waals surface area contributed by atoms with E-state index in [1.165, 1.54) is 26.4 Å². The summed E-state index contributed by atoms with van der Waals surface area (Å²) in [7, 11) is 0.829. The molecule has 8 heteroatoms. The number of carbonyl (C=O) groups excluding carboxylic acids is 1. The lowest BCUT2D eigenvalue weighted by atomic mass is 10.1. The largest absolute Gasteiger partial charge is 0.494 e. The molecule has 2 aromatic rings. The molecule has 0 saturated carbocycles. The van der Waals surface area contributed by atoms with E-state index in [-0.39, 0.29) is 10.8 Å². The van der Waals surface area contributed by atoms with Gasteiger partial charge in [0.25, 0.3) is 0 Å². The molecule has 1 aromatic carbocycles. The maximum absolute atomic E-state index is 14.2. The predicted molar refractivity (Wildman–Crippen MR) is 112 cm³/mol. The lowest BCUT2D eigenvalue weighted by Crippen LogP contribution is -2.41. The highest BCUT2D eigenvalue weighted by Crippen LogP contribution is 2.36. The number of carbonyl (C=O) groups is 1. The molecule has 1 aromatic heterocycles. The minimum atomic E-state index is -1.88. The molecule has 0 aliphatic carbocycles. The summed E-state index contributed by atoms with van der Waals surface area (Å²) in [6, 6.07) is 3.60. The van der Waals surface area contributed by atoms with Gasteiger partial charge in [0.2, 0.25) is 0 Å². The monoisotopic (exact) mass is 422 g/mol. The quantitative estimate of drug-likeness (QED) is 0.467. The van der Waals surface area contributed by atoms with Gasteiger partial charge in [0.15, 0.2) is 25.9 Å². The average Bonchev–Trinajstić information content (AvgIpc) is 3.09. The first-order valence-electron chi connectivity index (χ1n) is 9.57. The summed E-state index contributed by atoms with van der Waals surface area (Å²) < 4.78 is 32.2. The predicted octanol–water partition coefficient (Wildman–Crippen LogP) is 4.36. The normalized spacial score (nSPS) is 13.2. The highest BCUT2D eigenvalue weighted by Gasteiger charge is 2.37. The van der Waals surface area contributed by atoms with Crippen LogP contribution in [0.1, 0.15) is 38.1 Å². The molecule has 0 aliphatic rings. The highest BCUT2D eigenvalue weighted by atomic mass is 28.4. The molecule has 1 heterocycles. The number of imidazole rings is 1. The Morgan fingerprint density at radius 3 is 2.52 bits per heavy atom. The van der Waals surface area contributed by atoms with Crippen LogP contribution in [0.15, 0.2) is 30.7 Å². The van der Waals surface area contributed by atoms with Gasteiger partial charge in [-0.25, -0.2) is 14.2 Å². The van der Waals surface area contributed by atoms with E-state index in [0.717, 1.165) is 5.69 Å². The van der Waals surface area contributed by atoms with Gasteiger partial charge >= 0.3 is 5.97 Å². The van der Waals surface area contributed by atoms with Crippen molar-refractivity contribution < 1.29 is 23.1 Å². The summed E-state index contributed by atoms with van der Waals surface area (Å²) >= 11 is 0. The molecule has 1 atom stereocenters. The van der Waals surface area contributed by atoms with E-state index in [4.69, 9.17) is 13.9 Å². The second-order valence-electron chi connectivity index (χ2n) is 8.47. The van der Waals surface area contributed by atoms with E-state index in [2.05, 4.69) is 38.8 Å². The van der Waals surface area contributed by atoms with Crippen molar-refractivity contribution in [1.29, 1.82) is 0 Å². The van der Waals surface area contributed by atoms with E-state index >= 15 is 0 Å².